The van der Waals surface area contributed by atoms with Gasteiger partial charge in [-0.1, -0.05) is 0 Å². The molecular formula is C17H23BrN4O2. The molecule has 1 aromatic heterocycles. The lowest BCUT2D eigenvalue weighted by molar-refractivity contribution is -0.126. The van der Waals surface area contributed by atoms with Crippen molar-refractivity contribution >= 4 is 27.7 Å². The van der Waals surface area contributed by atoms with Crippen LogP contribution in [0.15, 0.2) is 22.9 Å². The molecule has 3 rings (SSSR count). The molecular weight excluding hydrogens is 372 g/mol. The second-order valence-electron chi connectivity index (χ2n) is 6.53. The summed E-state index contributed by atoms with van der Waals surface area (Å²) in [6.45, 7) is 3.04. The zero-order valence-electron chi connectivity index (χ0n) is 13.6. The molecule has 0 unspecified atom stereocenters. The van der Waals surface area contributed by atoms with Gasteiger partial charge in [-0.25, -0.2) is 0 Å². The van der Waals surface area contributed by atoms with Gasteiger partial charge in [0.1, 0.15) is 0 Å². The van der Waals surface area contributed by atoms with Crippen molar-refractivity contribution in [2.75, 3.05) is 26.2 Å². The van der Waals surface area contributed by atoms with E-state index in [-0.39, 0.29) is 23.8 Å². The zero-order valence-corrected chi connectivity index (χ0v) is 15.2. The average molecular weight is 395 g/mol. The number of nitrogens with one attached hydrogen (secondary N) is 2. The van der Waals surface area contributed by atoms with Crippen LogP contribution in [0.5, 0.6) is 0 Å². The van der Waals surface area contributed by atoms with E-state index in [1.54, 1.807) is 18.5 Å². The molecule has 0 saturated carbocycles. The smallest absolute Gasteiger partial charge is 0.255 e. The number of pyridine rings is 1. The lowest BCUT2D eigenvalue weighted by atomic mass is 9.97. The van der Waals surface area contributed by atoms with Crippen molar-refractivity contribution in [1.29, 1.82) is 0 Å². The first-order valence-electron chi connectivity index (χ1n) is 8.54. The van der Waals surface area contributed by atoms with Crippen LogP contribution in [0.25, 0.3) is 0 Å². The number of piperidine rings is 2. The molecule has 6 nitrogen and oxygen atoms in total. The molecule has 2 atom stereocenters. The van der Waals surface area contributed by atoms with Crippen LogP contribution in [0.4, 0.5) is 0 Å². The quantitative estimate of drug-likeness (QED) is 0.815. The van der Waals surface area contributed by atoms with E-state index >= 15 is 0 Å². The molecule has 0 radical (unpaired) electrons. The highest BCUT2D eigenvalue weighted by Gasteiger charge is 2.28. The molecule has 130 valence electrons. The first kappa shape index (κ1) is 17.4. The predicted molar refractivity (Wildman–Crippen MR) is 94.6 cm³/mol. The summed E-state index contributed by atoms with van der Waals surface area (Å²) in [5.41, 5.74) is 0.577. The third-order valence-electron chi connectivity index (χ3n) is 4.67. The number of likely N-dealkylation sites (tertiary alicyclic amines) is 1. The normalized spacial score (nSPS) is 24.5. The van der Waals surface area contributed by atoms with E-state index < -0.39 is 0 Å². The molecule has 2 N–H and O–H groups in total. The third-order valence-corrected chi connectivity index (χ3v) is 5.11. The molecule has 2 amide bonds. The minimum atomic E-state index is -0.0258. The van der Waals surface area contributed by atoms with Gasteiger partial charge in [-0.2, -0.15) is 0 Å². The van der Waals surface area contributed by atoms with Gasteiger partial charge in [0.05, 0.1) is 11.5 Å². The minimum absolute atomic E-state index is 0.0258. The van der Waals surface area contributed by atoms with Crippen molar-refractivity contribution in [3.63, 3.8) is 0 Å². The second kappa shape index (κ2) is 8.07. The summed E-state index contributed by atoms with van der Waals surface area (Å²) in [5, 5.41) is 6.41. The monoisotopic (exact) mass is 394 g/mol. The van der Waals surface area contributed by atoms with Crippen LogP contribution in [0.1, 0.15) is 36.0 Å². The van der Waals surface area contributed by atoms with Gasteiger partial charge < -0.3 is 15.5 Å². The van der Waals surface area contributed by atoms with Gasteiger partial charge in [-0.05, 0) is 54.2 Å². The summed E-state index contributed by atoms with van der Waals surface area (Å²) in [7, 11) is 0. The molecule has 2 aliphatic rings. The fraction of sp³-hybridized carbons (Fsp3) is 0.588. The van der Waals surface area contributed by atoms with Crippen LogP contribution in [-0.4, -0.2) is 53.9 Å². The van der Waals surface area contributed by atoms with E-state index in [9.17, 15) is 9.59 Å². The maximum Gasteiger partial charge on any atom is 0.255 e. The van der Waals surface area contributed by atoms with Crippen molar-refractivity contribution in [3.05, 3.63) is 28.5 Å². The largest absolute Gasteiger partial charge is 0.351 e. The Labute approximate surface area is 150 Å². The lowest BCUT2D eigenvalue weighted by Gasteiger charge is -2.34. The fourth-order valence-electron chi connectivity index (χ4n) is 3.39. The van der Waals surface area contributed by atoms with E-state index in [0.29, 0.717) is 12.1 Å². The van der Waals surface area contributed by atoms with Gasteiger partial charge in [-0.15, -0.1) is 0 Å². The van der Waals surface area contributed by atoms with Crippen LogP contribution in [0.3, 0.4) is 0 Å². The molecule has 0 aliphatic carbocycles. The maximum absolute atomic E-state index is 12.6. The van der Waals surface area contributed by atoms with Gasteiger partial charge >= 0.3 is 0 Å². The number of amides is 2. The number of carbonyl (C=O) groups excluding carboxylic acids is 2. The summed E-state index contributed by atoms with van der Waals surface area (Å²) in [5.74, 6) is 0.145. The zero-order chi connectivity index (χ0) is 16.9. The van der Waals surface area contributed by atoms with Crippen molar-refractivity contribution < 1.29 is 9.59 Å². The number of halogens is 1. The Morgan fingerprint density at radius 3 is 2.92 bits per heavy atom. The highest BCUT2D eigenvalue weighted by Crippen LogP contribution is 2.17. The van der Waals surface area contributed by atoms with E-state index in [1.807, 2.05) is 4.90 Å². The summed E-state index contributed by atoms with van der Waals surface area (Å²) >= 11 is 3.35. The van der Waals surface area contributed by atoms with Crippen LogP contribution < -0.4 is 10.6 Å². The van der Waals surface area contributed by atoms with Crippen molar-refractivity contribution in [3.8, 4) is 0 Å². The molecule has 24 heavy (non-hydrogen) atoms. The SMILES string of the molecule is O=C(N[C@H]1CCCN(C(=O)c2cncc(Br)c2)C1)[C@@H]1CCCNC1. The molecule has 3 heterocycles. The van der Waals surface area contributed by atoms with Crippen molar-refractivity contribution in [2.24, 2.45) is 5.92 Å². The van der Waals surface area contributed by atoms with Crippen molar-refractivity contribution in [1.82, 2.24) is 20.5 Å². The van der Waals surface area contributed by atoms with Crippen LogP contribution in [0.2, 0.25) is 0 Å². The Morgan fingerprint density at radius 1 is 1.29 bits per heavy atom. The van der Waals surface area contributed by atoms with Crippen molar-refractivity contribution in [2.45, 2.75) is 31.7 Å². The third kappa shape index (κ3) is 4.33. The summed E-state index contributed by atoms with van der Waals surface area (Å²) in [4.78, 5) is 30.9. The Balaban J connectivity index is 1.57. The van der Waals surface area contributed by atoms with Crippen LogP contribution in [0, 0.1) is 5.92 Å². The van der Waals surface area contributed by atoms with E-state index in [2.05, 4.69) is 31.5 Å². The Bertz CT molecular complexity index is 604. The number of aromatic nitrogens is 1. The molecule has 2 aliphatic heterocycles. The first-order valence-corrected chi connectivity index (χ1v) is 9.33. The number of hydrogen-bond acceptors (Lipinski definition) is 4. The molecule has 2 fully saturated rings. The lowest BCUT2D eigenvalue weighted by Crippen LogP contribution is -2.52. The molecule has 0 aromatic carbocycles. The van der Waals surface area contributed by atoms with Crippen LogP contribution >= 0.6 is 15.9 Å². The van der Waals surface area contributed by atoms with Gasteiger partial charge in [-0.3, -0.25) is 14.6 Å². The molecule has 0 bridgehead atoms. The second-order valence-corrected chi connectivity index (χ2v) is 7.45. The Morgan fingerprint density at radius 2 is 2.17 bits per heavy atom. The average Bonchev–Trinajstić information content (AvgIpc) is 2.62. The highest BCUT2D eigenvalue weighted by atomic mass is 79.9. The fourth-order valence-corrected chi connectivity index (χ4v) is 3.75. The molecule has 0 spiro atoms. The topological polar surface area (TPSA) is 74.3 Å². The van der Waals surface area contributed by atoms with Gasteiger partial charge in [0.2, 0.25) is 5.91 Å². The highest BCUT2D eigenvalue weighted by molar-refractivity contribution is 9.10. The first-order chi connectivity index (χ1) is 11.6. The minimum Gasteiger partial charge on any atom is -0.351 e. The standard InChI is InChI=1S/C17H23BrN4O2/c18-14-7-13(9-20-10-14)17(24)22-6-2-4-15(11-22)21-16(23)12-3-1-5-19-8-12/h7,9-10,12,15,19H,1-6,8,11H2,(H,21,23)/t12-,15+/m1/s1. The Hall–Kier alpha value is -1.47. The van der Waals surface area contributed by atoms with Gasteiger partial charge in [0.25, 0.3) is 5.91 Å². The van der Waals surface area contributed by atoms with Crippen LogP contribution in [-0.2, 0) is 4.79 Å². The predicted octanol–water partition coefficient (Wildman–Crippen LogP) is 1.56. The van der Waals surface area contributed by atoms with Gasteiger partial charge in [0.15, 0.2) is 0 Å². The Kier molecular flexibility index (Phi) is 5.84. The van der Waals surface area contributed by atoms with E-state index in [1.165, 1.54) is 0 Å². The number of carbonyl (C=O) groups is 2. The molecule has 7 heteroatoms. The molecule has 2 saturated heterocycles. The molecule has 1 aromatic rings. The van der Waals surface area contributed by atoms with E-state index in [4.69, 9.17) is 0 Å². The van der Waals surface area contributed by atoms with E-state index in [0.717, 1.165) is 49.8 Å². The van der Waals surface area contributed by atoms with Gasteiger partial charge in [0, 0.05) is 42.5 Å². The maximum atomic E-state index is 12.6. The summed E-state index contributed by atoms with van der Waals surface area (Å²) in [6, 6.07) is 1.82. The summed E-state index contributed by atoms with van der Waals surface area (Å²) in [6.07, 6.45) is 7.06. The number of hydrogen-bond donors (Lipinski definition) is 2. The summed E-state index contributed by atoms with van der Waals surface area (Å²) < 4.78 is 0.792. The number of nitrogens with zero attached hydrogens (tertiary/aromatic N) is 2. The number of rotatable bonds is 3.